The fourth-order valence-corrected chi connectivity index (χ4v) is 2.79. The highest BCUT2D eigenvalue weighted by Gasteiger charge is 2.14. The lowest BCUT2D eigenvalue weighted by atomic mass is 10.0. The predicted molar refractivity (Wildman–Crippen MR) is 98.8 cm³/mol. The molecule has 0 aliphatic rings. The maximum atomic E-state index is 13.5. The molecule has 1 N–H and O–H groups in total. The van der Waals surface area contributed by atoms with Crippen molar-refractivity contribution < 1.29 is 13.9 Å². The summed E-state index contributed by atoms with van der Waals surface area (Å²) < 4.78 is 20.6. The third kappa shape index (κ3) is 4.39. The summed E-state index contributed by atoms with van der Waals surface area (Å²) in [6, 6.07) is 9.49. The van der Waals surface area contributed by atoms with E-state index in [1.807, 2.05) is 13.8 Å². The van der Waals surface area contributed by atoms with E-state index >= 15 is 0 Å². The van der Waals surface area contributed by atoms with Crippen molar-refractivity contribution in [2.75, 3.05) is 13.2 Å². The lowest BCUT2D eigenvalue weighted by Crippen LogP contribution is -2.33. The Kier molecular flexibility index (Phi) is 5.95. The third-order valence-electron chi connectivity index (χ3n) is 4.33. The molecule has 0 saturated heterocycles. The van der Waals surface area contributed by atoms with Crippen LogP contribution in [-0.2, 0) is 4.79 Å². The Hall–Kier alpha value is -3.03. The number of nitrogens with zero attached hydrogens (tertiary/aromatic N) is 4. The van der Waals surface area contributed by atoms with Crippen LogP contribution in [0.15, 0.2) is 36.4 Å². The Morgan fingerprint density at radius 3 is 2.78 bits per heavy atom. The van der Waals surface area contributed by atoms with Gasteiger partial charge in [0.15, 0.2) is 11.5 Å². The van der Waals surface area contributed by atoms with Crippen molar-refractivity contribution in [3.63, 3.8) is 0 Å². The molecule has 0 bridgehead atoms. The minimum Gasteiger partial charge on any atom is -0.475 e. The number of ether oxygens (including phenoxy) is 1. The number of benzene rings is 1. The van der Waals surface area contributed by atoms with Crippen LogP contribution in [0.1, 0.15) is 26.7 Å². The molecule has 2 heterocycles. The van der Waals surface area contributed by atoms with Crippen molar-refractivity contribution in [1.29, 1.82) is 0 Å². The molecule has 3 rings (SSSR count). The van der Waals surface area contributed by atoms with Crippen molar-refractivity contribution in [3.05, 3.63) is 42.2 Å². The molecule has 27 heavy (non-hydrogen) atoms. The van der Waals surface area contributed by atoms with Gasteiger partial charge in [0.1, 0.15) is 12.4 Å². The number of hydrogen-bond acceptors (Lipinski definition) is 5. The van der Waals surface area contributed by atoms with E-state index < -0.39 is 0 Å². The molecular formula is C19H22FN5O2. The molecular weight excluding hydrogens is 349 g/mol. The van der Waals surface area contributed by atoms with Crippen LogP contribution < -0.4 is 10.1 Å². The number of aromatic nitrogens is 4. The Bertz CT molecular complexity index is 923. The fraction of sp³-hybridized carbons (Fsp3) is 0.368. The van der Waals surface area contributed by atoms with Gasteiger partial charge < -0.3 is 10.1 Å². The summed E-state index contributed by atoms with van der Waals surface area (Å²) in [4.78, 5) is 12.0. The van der Waals surface area contributed by atoms with Crippen LogP contribution in [0.4, 0.5) is 4.39 Å². The molecule has 0 aliphatic carbocycles. The van der Waals surface area contributed by atoms with E-state index in [9.17, 15) is 9.18 Å². The number of rotatable bonds is 8. The first-order valence-electron chi connectivity index (χ1n) is 9.01. The second-order valence-corrected chi connectivity index (χ2v) is 6.13. The van der Waals surface area contributed by atoms with Gasteiger partial charge in [0.25, 0.3) is 0 Å². The third-order valence-corrected chi connectivity index (χ3v) is 4.33. The smallest absolute Gasteiger partial charge is 0.231 e. The van der Waals surface area contributed by atoms with Crippen LogP contribution in [0.25, 0.3) is 17.0 Å². The van der Waals surface area contributed by atoms with Gasteiger partial charge in [0.2, 0.25) is 11.8 Å². The molecule has 0 saturated carbocycles. The van der Waals surface area contributed by atoms with Gasteiger partial charge in [-0.1, -0.05) is 26.0 Å². The maximum absolute atomic E-state index is 13.5. The molecule has 1 aromatic carbocycles. The van der Waals surface area contributed by atoms with E-state index in [-0.39, 0.29) is 17.6 Å². The fourth-order valence-electron chi connectivity index (χ4n) is 2.79. The molecule has 0 spiro atoms. The van der Waals surface area contributed by atoms with Crippen molar-refractivity contribution >= 4 is 11.6 Å². The van der Waals surface area contributed by atoms with E-state index in [2.05, 4.69) is 20.6 Å². The standard InChI is InChI=1S/C19H22FN5O2/c1-3-13(4-2)19(26)21-10-11-27-17-9-8-16-22-23-18(25(16)24-17)14-6-5-7-15(20)12-14/h5-9,12-13H,3-4,10-11H2,1-2H3,(H,21,26). The number of halogens is 1. The summed E-state index contributed by atoms with van der Waals surface area (Å²) in [6.07, 6.45) is 1.63. The Morgan fingerprint density at radius 1 is 1.22 bits per heavy atom. The van der Waals surface area contributed by atoms with Gasteiger partial charge in [-0.3, -0.25) is 4.79 Å². The number of nitrogens with one attached hydrogen (secondary N) is 1. The van der Waals surface area contributed by atoms with Crippen molar-refractivity contribution in [2.24, 2.45) is 5.92 Å². The zero-order valence-corrected chi connectivity index (χ0v) is 15.4. The summed E-state index contributed by atoms with van der Waals surface area (Å²) in [7, 11) is 0. The highest BCUT2D eigenvalue weighted by atomic mass is 19.1. The average Bonchev–Trinajstić information content (AvgIpc) is 3.09. The molecule has 0 atom stereocenters. The van der Waals surface area contributed by atoms with Crippen LogP contribution in [-0.4, -0.2) is 38.9 Å². The second kappa shape index (κ2) is 8.57. The lowest BCUT2D eigenvalue weighted by molar-refractivity contribution is -0.125. The first-order chi connectivity index (χ1) is 13.1. The molecule has 0 unspecified atom stereocenters. The quantitative estimate of drug-likeness (QED) is 0.616. The van der Waals surface area contributed by atoms with Gasteiger partial charge >= 0.3 is 0 Å². The highest BCUT2D eigenvalue weighted by Crippen LogP contribution is 2.19. The minimum atomic E-state index is -0.357. The van der Waals surface area contributed by atoms with Crippen LogP contribution >= 0.6 is 0 Å². The van der Waals surface area contributed by atoms with E-state index in [0.29, 0.717) is 36.1 Å². The topological polar surface area (TPSA) is 81.4 Å². The van der Waals surface area contributed by atoms with Crippen LogP contribution in [0, 0.1) is 11.7 Å². The van der Waals surface area contributed by atoms with E-state index in [4.69, 9.17) is 4.74 Å². The predicted octanol–water partition coefficient (Wildman–Crippen LogP) is 2.86. The van der Waals surface area contributed by atoms with Gasteiger partial charge in [0.05, 0.1) is 6.54 Å². The summed E-state index contributed by atoms with van der Waals surface area (Å²) in [5.74, 6) is 0.517. The zero-order chi connectivity index (χ0) is 19.2. The number of amides is 1. The van der Waals surface area contributed by atoms with E-state index in [0.717, 1.165) is 12.8 Å². The molecule has 2 aromatic heterocycles. The van der Waals surface area contributed by atoms with Crippen molar-refractivity contribution in [2.45, 2.75) is 26.7 Å². The molecule has 142 valence electrons. The molecule has 0 fully saturated rings. The van der Waals surface area contributed by atoms with Crippen LogP contribution in [0.3, 0.4) is 0 Å². The SMILES string of the molecule is CCC(CC)C(=O)NCCOc1ccc2nnc(-c3cccc(F)c3)n2n1. The largest absolute Gasteiger partial charge is 0.475 e. The number of hydrogen-bond donors (Lipinski definition) is 1. The van der Waals surface area contributed by atoms with Gasteiger partial charge in [0, 0.05) is 17.5 Å². The first-order valence-corrected chi connectivity index (χ1v) is 9.01. The number of fused-ring (bicyclic) bond motifs is 1. The molecule has 3 aromatic rings. The molecule has 8 heteroatoms. The molecule has 7 nitrogen and oxygen atoms in total. The molecule has 0 aliphatic heterocycles. The normalized spacial score (nSPS) is 11.1. The van der Waals surface area contributed by atoms with Crippen LogP contribution in [0.5, 0.6) is 5.88 Å². The average molecular weight is 371 g/mol. The van der Waals surface area contributed by atoms with Gasteiger partial charge in [-0.2, -0.15) is 4.52 Å². The highest BCUT2D eigenvalue weighted by molar-refractivity contribution is 5.78. The summed E-state index contributed by atoms with van der Waals surface area (Å²) in [5.41, 5.74) is 1.10. The van der Waals surface area contributed by atoms with Gasteiger partial charge in [-0.05, 0) is 31.0 Å². The van der Waals surface area contributed by atoms with Gasteiger partial charge in [-0.15, -0.1) is 15.3 Å². The Balaban J connectivity index is 1.66. The molecule has 0 radical (unpaired) electrons. The van der Waals surface area contributed by atoms with E-state index in [1.165, 1.54) is 16.6 Å². The first kappa shape index (κ1) is 18.8. The molecule has 1 amide bonds. The Morgan fingerprint density at radius 2 is 2.04 bits per heavy atom. The lowest BCUT2D eigenvalue weighted by Gasteiger charge is -2.12. The van der Waals surface area contributed by atoms with Crippen molar-refractivity contribution in [3.8, 4) is 17.3 Å². The second-order valence-electron chi connectivity index (χ2n) is 6.13. The Labute approximate surface area is 156 Å². The zero-order valence-electron chi connectivity index (χ0n) is 15.4. The summed E-state index contributed by atoms with van der Waals surface area (Å²) >= 11 is 0. The van der Waals surface area contributed by atoms with E-state index in [1.54, 1.807) is 24.3 Å². The number of carbonyl (C=O) groups excluding carboxylic acids is 1. The monoisotopic (exact) mass is 371 g/mol. The maximum Gasteiger partial charge on any atom is 0.231 e. The summed E-state index contributed by atoms with van der Waals surface area (Å²) in [5, 5.41) is 15.3. The minimum absolute atomic E-state index is 0.0327. The number of carbonyl (C=O) groups is 1. The van der Waals surface area contributed by atoms with Crippen LogP contribution in [0.2, 0.25) is 0 Å². The van der Waals surface area contributed by atoms with Gasteiger partial charge in [-0.25, -0.2) is 4.39 Å². The van der Waals surface area contributed by atoms with Crippen molar-refractivity contribution in [1.82, 2.24) is 25.1 Å². The summed E-state index contributed by atoms with van der Waals surface area (Å²) in [6.45, 7) is 4.69.